The fourth-order valence-corrected chi connectivity index (χ4v) is 2.99. The van der Waals surface area contributed by atoms with Gasteiger partial charge >= 0.3 is 0 Å². The summed E-state index contributed by atoms with van der Waals surface area (Å²) in [6.07, 6.45) is 6.83. The summed E-state index contributed by atoms with van der Waals surface area (Å²) in [6, 6.07) is 0. The van der Waals surface area contributed by atoms with Gasteiger partial charge in [0.1, 0.15) is 9.88 Å². The Hall–Kier alpha value is -1.73. The van der Waals surface area contributed by atoms with Gasteiger partial charge in [-0.05, 0) is 12.8 Å². The molecule has 0 aliphatic rings. The third kappa shape index (κ3) is 3.53. The standard InChI is InChI=1S/C15H22N4O2S/c1-4-15(5-2,10-20)9-17-13(21)12-7-16-14(22-12)11-6-18-19(3)8-11/h6-8,20H,4-5,9-10H2,1-3H3,(H,17,21). The number of aryl methyl sites for hydroxylation is 1. The minimum absolute atomic E-state index is 0.0733. The highest BCUT2D eigenvalue weighted by Crippen LogP contribution is 2.26. The zero-order valence-electron chi connectivity index (χ0n) is 13.2. The molecule has 0 saturated heterocycles. The maximum Gasteiger partial charge on any atom is 0.263 e. The number of rotatable bonds is 7. The molecule has 2 heterocycles. The summed E-state index contributed by atoms with van der Waals surface area (Å²) in [7, 11) is 1.84. The van der Waals surface area contributed by atoms with E-state index in [-0.39, 0.29) is 17.9 Å². The molecule has 0 aromatic carbocycles. The van der Waals surface area contributed by atoms with Crippen LogP contribution in [0.2, 0.25) is 0 Å². The Morgan fingerprint density at radius 2 is 2.14 bits per heavy atom. The number of aliphatic hydroxyl groups excluding tert-OH is 1. The number of hydrogen-bond acceptors (Lipinski definition) is 5. The maximum absolute atomic E-state index is 12.2. The largest absolute Gasteiger partial charge is 0.396 e. The van der Waals surface area contributed by atoms with Crippen molar-refractivity contribution in [3.05, 3.63) is 23.5 Å². The number of hydrogen-bond donors (Lipinski definition) is 2. The average molecular weight is 322 g/mol. The van der Waals surface area contributed by atoms with E-state index in [1.165, 1.54) is 11.3 Å². The molecule has 1 amide bonds. The van der Waals surface area contributed by atoms with E-state index in [4.69, 9.17) is 0 Å². The minimum atomic E-state index is -0.244. The first-order chi connectivity index (χ1) is 10.5. The molecule has 0 unspecified atom stereocenters. The summed E-state index contributed by atoms with van der Waals surface area (Å²) in [5, 5.41) is 17.3. The van der Waals surface area contributed by atoms with Crippen LogP contribution in [0.5, 0.6) is 0 Å². The van der Waals surface area contributed by atoms with Gasteiger partial charge in [0.15, 0.2) is 0 Å². The smallest absolute Gasteiger partial charge is 0.263 e. The second-order valence-electron chi connectivity index (χ2n) is 5.48. The molecule has 0 bridgehead atoms. The number of carbonyl (C=O) groups is 1. The van der Waals surface area contributed by atoms with E-state index in [1.54, 1.807) is 17.1 Å². The third-order valence-electron chi connectivity index (χ3n) is 4.14. The van der Waals surface area contributed by atoms with Crippen LogP contribution in [0.1, 0.15) is 36.4 Å². The second-order valence-corrected chi connectivity index (χ2v) is 6.51. The lowest BCUT2D eigenvalue weighted by atomic mass is 9.83. The first-order valence-electron chi connectivity index (χ1n) is 7.37. The number of aromatic nitrogens is 3. The molecule has 0 aliphatic heterocycles. The lowest BCUT2D eigenvalue weighted by Gasteiger charge is -2.29. The zero-order valence-corrected chi connectivity index (χ0v) is 14.0. The van der Waals surface area contributed by atoms with Crippen molar-refractivity contribution in [1.29, 1.82) is 0 Å². The van der Waals surface area contributed by atoms with Crippen molar-refractivity contribution in [1.82, 2.24) is 20.1 Å². The van der Waals surface area contributed by atoms with Gasteiger partial charge in [0.2, 0.25) is 0 Å². The average Bonchev–Trinajstić information content (AvgIpc) is 3.17. The zero-order chi connectivity index (χ0) is 16.2. The van der Waals surface area contributed by atoms with Crippen molar-refractivity contribution >= 4 is 17.2 Å². The first kappa shape index (κ1) is 16.6. The van der Waals surface area contributed by atoms with Crippen LogP contribution in [0.15, 0.2) is 18.6 Å². The molecule has 2 aromatic heterocycles. The molecule has 2 N–H and O–H groups in total. The molecule has 2 rings (SSSR count). The molecule has 0 fully saturated rings. The van der Waals surface area contributed by atoms with Gasteiger partial charge in [-0.1, -0.05) is 13.8 Å². The minimum Gasteiger partial charge on any atom is -0.396 e. The van der Waals surface area contributed by atoms with Crippen molar-refractivity contribution < 1.29 is 9.90 Å². The molecular formula is C15H22N4O2S. The van der Waals surface area contributed by atoms with E-state index >= 15 is 0 Å². The van der Waals surface area contributed by atoms with Crippen LogP contribution in [0.4, 0.5) is 0 Å². The fourth-order valence-electron chi connectivity index (χ4n) is 2.18. The monoisotopic (exact) mass is 322 g/mol. The van der Waals surface area contributed by atoms with Crippen LogP contribution in [-0.4, -0.2) is 38.9 Å². The molecule has 0 atom stereocenters. The van der Waals surface area contributed by atoms with Gasteiger partial charge in [-0.3, -0.25) is 9.48 Å². The van der Waals surface area contributed by atoms with E-state index in [1.807, 2.05) is 27.1 Å². The summed E-state index contributed by atoms with van der Waals surface area (Å²) in [4.78, 5) is 17.1. The van der Waals surface area contributed by atoms with Crippen molar-refractivity contribution in [3.63, 3.8) is 0 Å². The van der Waals surface area contributed by atoms with Crippen molar-refractivity contribution in [2.24, 2.45) is 12.5 Å². The molecule has 22 heavy (non-hydrogen) atoms. The SMILES string of the molecule is CCC(CC)(CO)CNC(=O)c1cnc(-c2cnn(C)c2)s1. The molecule has 0 radical (unpaired) electrons. The lowest BCUT2D eigenvalue weighted by Crippen LogP contribution is -2.39. The Labute approximate surface area is 134 Å². The van der Waals surface area contributed by atoms with Crippen molar-refractivity contribution in [2.45, 2.75) is 26.7 Å². The topological polar surface area (TPSA) is 80.0 Å². The van der Waals surface area contributed by atoms with Gasteiger partial charge in [0, 0.05) is 30.8 Å². The molecule has 2 aromatic rings. The number of amides is 1. The molecule has 120 valence electrons. The van der Waals surface area contributed by atoms with Crippen LogP contribution in [0, 0.1) is 5.41 Å². The summed E-state index contributed by atoms with van der Waals surface area (Å²) in [5.74, 6) is -0.146. The van der Waals surface area contributed by atoms with Crippen molar-refractivity contribution in [3.8, 4) is 10.6 Å². The summed E-state index contributed by atoms with van der Waals surface area (Å²) in [6.45, 7) is 4.59. The predicted octanol–water partition coefficient (Wildman–Crippen LogP) is 2.07. The highest BCUT2D eigenvalue weighted by atomic mass is 32.1. The van der Waals surface area contributed by atoms with Crippen LogP contribution < -0.4 is 5.32 Å². The number of carbonyl (C=O) groups excluding carboxylic acids is 1. The number of thiazole rings is 1. The summed E-state index contributed by atoms with van der Waals surface area (Å²) < 4.78 is 1.70. The Balaban J connectivity index is 2.03. The number of nitrogens with one attached hydrogen (secondary N) is 1. The Morgan fingerprint density at radius 1 is 1.41 bits per heavy atom. The van der Waals surface area contributed by atoms with Crippen LogP contribution in [0.3, 0.4) is 0 Å². The number of aliphatic hydroxyl groups is 1. The van der Waals surface area contributed by atoms with Crippen LogP contribution in [-0.2, 0) is 7.05 Å². The highest BCUT2D eigenvalue weighted by Gasteiger charge is 2.26. The van der Waals surface area contributed by atoms with E-state index in [2.05, 4.69) is 15.4 Å². The van der Waals surface area contributed by atoms with Crippen molar-refractivity contribution in [2.75, 3.05) is 13.2 Å². The lowest BCUT2D eigenvalue weighted by molar-refractivity contribution is 0.0854. The molecule has 0 aliphatic carbocycles. The fraction of sp³-hybridized carbons (Fsp3) is 0.533. The van der Waals surface area contributed by atoms with E-state index in [9.17, 15) is 9.90 Å². The first-order valence-corrected chi connectivity index (χ1v) is 8.19. The Kier molecular flexibility index (Phi) is 5.31. The summed E-state index contributed by atoms with van der Waals surface area (Å²) in [5.41, 5.74) is 0.658. The number of nitrogens with zero attached hydrogens (tertiary/aromatic N) is 3. The molecule has 7 heteroatoms. The maximum atomic E-state index is 12.2. The second kappa shape index (κ2) is 7.02. The normalized spacial score (nSPS) is 11.6. The van der Waals surface area contributed by atoms with Gasteiger partial charge in [-0.15, -0.1) is 11.3 Å². The van der Waals surface area contributed by atoms with Gasteiger partial charge in [-0.2, -0.15) is 5.10 Å². The Morgan fingerprint density at radius 3 is 2.68 bits per heavy atom. The van der Waals surface area contributed by atoms with E-state index in [0.717, 1.165) is 23.4 Å². The third-order valence-corrected chi connectivity index (χ3v) is 5.19. The summed E-state index contributed by atoms with van der Waals surface area (Å²) >= 11 is 1.34. The van der Waals surface area contributed by atoms with Crippen LogP contribution in [0.25, 0.3) is 10.6 Å². The molecular weight excluding hydrogens is 300 g/mol. The van der Waals surface area contributed by atoms with E-state index in [0.29, 0.717) is 11.4 Å². The molecule has 6 nitrogen and oxygen atoms in total. The predicted molar refractivity (Wildman–Crippen MR) is 86.8 cm³/mol. The quantitative estimate of drug-likeness (QED) is 0.818. The molecule has 0 saturated carbocycles. The van der Waals surface area contributed by atoms with Gasteiger partial charge in [0.05, 0.1) is 19.0 Å². The highest BCUT2D eigenvalue weighted by molar-refractivity contribution is 7.16. The van der Waals surface area contributed by atoms with Crippen LogP contribution >= 0.6 is 11.3 Å². The van der Waals surface area contributed by atoms with Gasteiger partial charge < -0.3 is 10.4 Å². The Bertz CT molecular complexity index is 623. The van der Waals surface area contributed by atoms with E-state index < -0.39 is 0 Å². The molecule has 0 spiro atoms. The van der Waals surface area contributed by atoms with Gasteiger partial charge in [0.25, 0.3) is 5.91 Å². The van der Waals surface area contributed by atoms with Gasteiger partial charge in [-0.25, -0.2) is 4.98 Å².